The lowest BCUT2D eigenvalue weighted by Gasteiger charge is -2.38. The summed E-state index contributed by atoms with van der Waals surface area (Å²) in [6, 6.07) is 19.1. The number of morpholine rings is 1. The molecule has 0 atom stereocenters. The number of para-hydroxylation sites is 3. The van der Waals surface area contributed by atoms with E-state index in [4.69, 9.17) is 9.73 Å². The van der Waals surface area contributed by atoms with Crippen LogP contribution in [-0.4, -0.2) is 55.0 Å². The first-order valence-electron chi connectivity index (χ1n) is 10.2. The largest absolute Gasteiger partial charge is 0.378 e. The number of ether oxygens (including phenoxy) is 1. The monoisotopic (exact) mass is 374 g/mol. The topological polar surface area (TPSA) is 31.3 Å². The maximum Gasteiger partial charge on any atom is 0.132 e. The molecular weight excluding hydrogens is 348 g/mol. The number of likely N-dealkylation sites (tertiary alicyclic amines) is 1. The standard InChI is InChI=1S/C23H26N4O/c1-2-8-19(9-3-1)27-21-11-5-4-10-20(21)24-22(25-12-6-7-13-25)18-23(27)26-14-16-28-17-15-26/h1-5,8-11,18H,6-7,12-17H2. The molecule has 0 unspecified atom stereocenters. The van der Waals surface area contributed by atoms with E-state index >= 15 is 0 Å². The van der Waals surface area contributed by atoms with Crippen molar-refractivity contribution in [3.8, 4) is 0 Å². The van der Waals surface area contributed by atoms with Gasteiger partial charge in [0.15, 0.2) is 0 Å². The first kappa shape index (κ1) is 17.3. The predicted octanol–water partition coefficient (Wildman–Crippen LogP) is 4.14. The Morgan fingerprint density at radius 3 is 2.25 bits per heavy atom. The van der Waals surface area contributed by atoms with E-state index in [0.29, 0.717) is 0 Å². The lowest BCUT2D eigenvalue weighted by atomic mass is 10.2. The van der Waals surface area contributed by atoms with Crippen LogP contribution in [0, 0.1) is 0 Å². The van der Waals surface area contributed by atoms with Crippen LogP contribution in [0.3, 0.4) is 0 Å². The first-order valence-corrected chi connectivity index (χ1v) is 10.2. The van der Waals surface area contributed by atoms with Gasteiger partial charge in [-0.15, -0.1) is 0 Å². The van der Waals surface area contributed by atoms with Gasteiger partial charge in [-0.1, -0.05) is 30.3 Å². The third kappa shape index (κ3) is 3.27. The van der Waals surface area contributed by atoms with E-state index in [-0.39, 0.29) is 0 Å². The van der Waals surface area contributed by atoms with E-state index in [2.05, 4.69) is 75.4 Å². The van der Waals surface area contributed by atoms with Gasteiger partial charge in [-0.25, -0.2) is 4.99 Å². The van der Waals surface area contributed by atoms with Gasteiger partial charge in [-0.3, -0.25) is 4.90 Å². The molecule has 0 aliphatic carbocycles. The summed E-state index contributed by atoms with van der Waals surface area (Å²) in [5.41, 5.74) is 3.30. The predicted molar refractivity (Wildman–Crippen MR) is 113 cm³/mol. The van der Waals surface area contributed by atoms with Gasteiger partial charge in [0.05, 0.1) is 24.6 Å². The van der Waals surface area contributed by atoms with Gasteiger partial charge < -0.3 is 14.5 Å². The molecule has 0 radical (unpaired) electrons. The average molecular weight is 374 g/mol. The summed E-state index contributed by atoms with van der Waals surface area (Å²) in [5, 5.41) is 0. The Hall–Kier alpha value is -2.79. The van der Waals surface area contributed by atoms with Crippen LogP contribution < -0.4 is 4.90 Å². The number of hydrogen-bond acceptors (Lipinski definition) is 5. The minimum absolute atomic E-state index is 0.762. The fraction of sp³-hybridized carbons (Fsp3) is 0.348. The van der Waals surface area contributed by atoms with E-state index in [9.17, 15) is 0 Å². The van der Waals surface area contributed by atoms with E-state index in [0.717, 1.165) is 62.3 Å². The Bertz CT molecular complexity index is 880. The molecule has 2 aromatic rings. The zero-order valence-corrected chi connectivity index (χ0v) is 16.1. The molecule has 0 saturated carbocycles. The number of hydrogen-bond donors (Lipinski definition) is 0. The molecule has 2 saturated heterocycles. The SMILES string of the molecule is C1=C(N2CCOCC2)N(c2ccccc2)c2ccccc2N=C1N1CCCC1. The van der Waals surface area contributed by atoms with Crippen molar-refractivity contribution in [3.63, 3.8) is 0 Å². The highest BCUT2D eigenvalue weighted by atomic mass is 16.5. The van der Waals surface area contributed by atoms with Crippen LogP contribution >= 0.6 is 0 Å². The summed E-state index contributed by atoms with van der Waals surface area (Å²) in [4.78, 5) is 12.3. The van der Waals surface area contributed by atoms with Crippen LogP contribution in [-0.2, 0) is 4.74 Å². The third-order valence-corrected chi connectivity index (χ3v) is 5.62. The number of fused-ring (bicyclic) bond motifs is 1. The summed E-state index contributed by atoms with van der Waals surface area (Å²) in [6.07, 6.45) is 4.76. The highest BCUT2D eigenvalue weighted by Gasteiger charge is 2.28. The van der Waals surface area contributed by atoms with E-state index in [1.54, 1.807) is 0 Å². The van der Waals surface area contributed by atoms with Crippen LogP contribution in [0.4, 0.5) is 17.1 Å². The zero-order chi connectivity index (χ0) is 18.8. The van der Waals surface area contributed by atoms with Gasteiger partial charge in [0.25, 0.3) is 0 Å². The summed E-state index contributed by atoms with van der Waals surface area (Å²) in [6.45, 7) is 5.48. The molecule has 2 aromatic carbocycles. The Balaban J connectivity index is 1.67. The van der Waals surface area contributed by atoms with Crippen LogP contribution in [0.5, 0.6) is 0 Å². The van der Waals surface area contributed by atoms with Gasteiger partial charge in [-0.2, -0.15) is 0 Å². The number of benzene rings is 2. The fourth-order valence-corrected chi connectivity index (χ4v) is 4.19. The van der Waals surface area contributed by atoms with Gasteiger partial charge >= 0.3 is 0 Å². The lowest BCUT2D eigenvalue weighted by Crippen LogP contribution is -2.41. The summed E-state index contributed by atoms with van der Waals surface area (Å²) < 4.78 is 5.63. The van der Waals surface area contributed by atoms with Crippen LogP contribution in [0.1, 0.15) is 12.8 Å². The maximum absolute atomic E-state index is 5.63. The van der Waals surface area contributed by atoms with Crippen LogP contribution in [0.2, 0.25) is 0 Å². The number of nitrogens with zero attached hydrogens (tertiary/aromatic N) is 4. The minimum atomic E-state index is 0.762. The number of rotatable bonds is 2. The highest BCUT2D eigenvalue weighted by Crippen LogP contribution is 2.40. The minimum Gasteiger partial charge on any atom is -0.378 e. The number of aliphatic imine (C=N–C) groups is 1. The second-order valence-electron chi connectivity index (χ2n) is 7.43. The fourth-order valence-electron chi connectivity index (χ4n) is 4.19. The molecule has 3 aliphatic rings. The van der Waals surface area contributed by atoms with Crippen molar-refractivity contribution in [3.05, 3.63) is 66.5 Å². The summed E-state index contributed by atoms with van der Waals surface area (Å²) in [5.74, 6) is 2.26. The van der Waals surface area contributed by atoms with E-state index in [1.807, 2.05) is 0 Å². The molecular formula is C23H26N4O. The normalized spacial score (nSPS) is 19.8. The van der Waals surface area contributed by atoms with Crippen molar-refractivity contribution < 1.29 is 4.74 Å². The van der Waals surface area contributed by atoms with Crippen LogP contribution in [0.15, 0.2) is 71.5 Å². The molecule has 0 amide bonds. The average Bonchev–Trinajstić information content (AvgIpc) is 3.24. The quantitative estimate of drug-likeness (QED) is 0.791. The second-order valence-corrected chi connectivity index (χ2v) is 7.43. The Morgan fingerprint density at radius 1 is 0.750 bits per heavy atom. The number of amidine groups is 1. The smallest absolute Gasteiger partial charge is 0.132 e. The van der Waals surface area contributed by atoms with Crippen molar-refractivity contribution in [1.29, 1.82) is 0 Å². The molecule has 2 fully saturated rings. The van der Waals surface area contributed by atoms with Gasteiger partial charge in [0.2, 0.25) is 0 Å². The maximum atomic E-state index is 5.63. The Morgan fingerprint density at radius 2 is 1.46 bits per heavy atom. The molecule has 3 heterocycles. The molecule has 3 aliphatic heterocycles. The molecule has 0 aromatic heterocycles. The zero-order valence-electron chi connectivity index (χ0n) is 16.1. The molecule has 5 nitrogen and oxygen atoms in total. The highest BCUT2D eigenvalue weighted by molar-refractivity contribution is 5.99. The second kappa shape index (κ2) is 7.68. The first-order chi connectivity index (χ1) is 13.9. The molecule has 5 rings (SSSR count). The van der Waals surface area contributed by atoms with Crippen molar-refractivity contribution in [2.45, 2.75) is 12.8 Å². The van der Waals surface area contributed by atoms with Crippen molar-refractivity contribution in [1.82, 2.24) is 9.80 Å². The van der Waals surface area contributed by atoms with Gasteiger partial charge in [0, 0.05) is 37.9 Å². The van der Waals surface area contributed by atoms with Crippen molar-refractivity contribution in [2.75, 3.05) is 44.3 Å². The third-order valence-electron chi connectivity index (χ3n) is 5.62. The molecule has 0 spiro atoms. The molecule has 5 heteroatoms. The molecule has 0 bridgehead atoms. The van der Waals surface area contributed by atoms with Gasteiger partial charge in [0.1, 0.15) is 11.7 Å². The summed E-state index contributed by atoms with van der Waals surface area (Å²) >= 11 is 0. The van der Waals surface area contributed by atoms with Crippen LogP contribution in [0.25, 0.3) is 0 Å². The summed E-state index contributed by atoms with van der Waals surface area (Å²) in [7, 11) is 0. The molecule has 0 N–H and O–H groups in total. The molecule has 144 valence electrons. The Labute approximate surface area is 166 Å². The number of anilines is 2. The van der Waals surface area contributed by atoms with Gasteiger partial charge in [-0.05, 0) is 37.1 Å². The van der Waals surface area contributed by atoms with Crippen molar-refractivity contribution >= 4 is 22.9 Å². The lowest BCUT2D eigenvalue weighted by molar-refractivity contribution is 0.0531. The van der Waals surface area contributed by atoms with E-state index < -0.39 is 0 Å². The van der Waals surface area contributed by atoms with E-state index in [1.165, 1.54) is 18.7 Å². The molecule has 28 heavy (non-hydrogen) atoms. The Kier molecular flexibility index (Phi) is 4.75. The van der Waals surface area contributed by atoms with Crippen molar-refractivity contribution in [2.24, 2.45) is 4.99 Å².